The summed E-state index contributed by atoms with van der Waals surface area (Å²) in [5, 5.41) is 13.9. The molecule has 1 aromatic carbocycles. The van der Waals surface area contributed by atoms with Gasteiger partial charge in [-0.05, 0) is 82.6 Å². The highest BCUT2D eigenvalue weighted by molar-refractivity contribution is 5.89. The van der Waals surface area contributed by atoms with Gasteiger partial charge in [0, 0.05) is 29.1 Å². The van der Waals surface area contributed by atoms with Crippen LogP contribution in [0.3, 0.4) is 0 Å². The lowest BCUT2D eigenvalue weighted by molar-refractivity contribution is 0.0146. The van der Waals surface area contributed by atoms with E-state index in [1.807, 2.05) is 6.07 Å². The van der Waals surface area contributed by atoms with Gasteiger partial charge >= 0.3 is 5.97 Å². The van der Waals surface area contributed by atoms with Gasteiger partial charge in [-0.2, -0.15) is 0 Å². The van der Waals surface area contributed by atoms with Crippen molar-refractivity contribution in [3.63, 3.8) is 0 Å². The summed E-state index contributed by atoms with van der Waals surface area (Å²) in [4.78, 5) is 18.5. The van der Waals surface area contributed by atoms with Gasteiger partial charge in [0.25, 0.3) is 0 Å². The summed E-state index contributed by atoms with van der Waals surface area (Å²) in [5.74, 6) is 1.43. The van der Waals surface area contributed by atoms with Crippen LogP contribution in [0.25, 0.3) is 11.3 Å². The van der Waals surface area contributed by atoms with Crippen LogP contribution in [0.4, 0.5) is 5.82 Å². The van der Waals surface area contributed by atoms with Crippen molar-refractivity contribution in [3.05, 3.63) is 64.0 Å². The lowest BCUT2D eigenvalue weighted by Gasteiger charge is -2.39. The molecule has 1 aliphatic carbocycles. The largest absolute Gasteiger partial charge is 0.478 e. The van der Waals surface area contributed by atoms with E-state index in [1.165, 1.54) is 11.1 Å². The van der Waals surface area contributed by atoms with E-state index in [-0.39, 0.29) is 11.7 Å². The summed E-state index contributed by atoms with van der Waals surface area (Å²) in [6.45, 7) is 6.55. The van der Waals surface area contributed by atoms with E-state index in [0.29, 0.717) is 30.3 Å². The second-order valence-corrected chi connectivity index (χ2v) is 10.7. The number of carboxylic acid groups (broad SMARTS) is 1. The molecule has 3 aliphatic rings. The van der Waals surface area contributed by atoms with Crippen molar-refractivity contribution in [3.8, 4) is 11.3 Å². The summed E-state index contributed by atoms with van der Waals surface area (Å²) >= 11 is 0. The molecule has 0 radical (unpaired) electrons. The third-order valence-corrected chi connectivity index (χ3v) is 8.20. The Hall–Kier alpha value is -3.19. The minimum Gasteiger partial charge on any atom is -0.478 e. The monoisotopic (exact) mass is 487 g/mol. The maximum Gasteiger partial charge on any atom is 0.337 e. The molecule has 2 aliphatic heterocycles. The highest BCUT2D eigenvalue weighted by Gasteiger charge is 2.42. The Labute approximate surface area is 211 Å². The molecule has 1 N–H and O–H groups in total. The van der Waals surface area contributed by atoms with Crippen LogP contribution in [-0.4, -0.2) is 39.4 Å². The van der Waals surface area contributed by atoms with Crippen molar-refractivity contribution in [2.75, 3.05) is 4.90 Å². The molecule has 6 rings (SSSR count). The lowest BCUT2D eigenvalue weighted by Crippen LogP contribution is -2.46. The van der Waals surface area contributed by atoms with Crippen molar-refractivity contribution in [2.45, 2.75) is 90.0 Å². The summed E-state index contributed by atoms with van der Waals surface area (Å²) in [6.07, 6.45) is 6.60. The maximum atomic E-state index is 11.4. The van der Waals surface area contributed by atoms with Crippen molar-refractivity contribution < 1.29 is 19.2 Å². The summed E-state index contributed by atoms with van der Waals surface area (Å²) in [5.41, 5.74) is 6.45. The summed E-state index contributed by atoms with van der Waals surface area (Å²) in [7, 11) is 0. The number of nitrogens with zero attached hydrogens (tertiary/aromatic N) is 3. The lowest BCUT2D eigenvalue weighted by atomic mass is 9.96. The van der Waals surface area contributed by atoms with Crippen LogP contribution in [0.2, 0.25) is 0 Å². The number of benzene rings is 1. The van der Waals surface area contributed by atoms with Gasteiger partial charge in [-0.25, -0.2) is 9.78 Å². The zero-order chi connectivity index (χ0) is 25.0. The summed E-state index contributed by atoms with van der Waals surface area (Å²) in [6, 6.07) is 10.6. The quantitative estimate of drug-likeness (QED) is 0.440. The number of carboxylic acids is 1. The molecule has 3 atom stereocenters. The number of piperidine rings is 1. The van der Waals surface area contributed by atoms with Crippen LogP contribution >= 0.6 is 0 Å². The zero-order valence-electron chi connectivity index (χ0n) is 21.2. The predicted molar refractivity (Wildman–Crippen MR) is 136 cm³/mol. The minimum atomic E-state index is -0.929. The first-order chi connectivity index (χ1) is 17.4. The second kappa shape index (κ2) is 9.04. The number of aryl methyl sites for hydroxylation is 3. The number of rotatable bonds is 7. The van der Waals surface area contributed by atoms with Gasteiger partial charge in [0.05, 0.1) is 24.0 Å². The van der Waals surface area contributed by atoms with E-state index in [2.05, 4.69) is 47.1 Å². The van der Waals surface area contributed by atoms with E-state index in [1.54, 1.807) is 13.0 Å². The third kappa shape index (κ3) is 4.09. The number of carbonyl (C=O) groups is 1. The van der Waals surface area contributed by atoms with Crippen LogP contribution in [0.5, 0.6) is 0 Å². The molecule has 2 aromatic heterocycles. The van der Waals surface area contributed by atoms with Gasteiger partial charge < -0.3 is 19.3 Å². The molecule has 1 saturated carbocycles. The highest BCUT2D eigenvalue weighted by Crippen LogP contribution is 2.46. The number of fused-ring (bicyclic) bond motifs is 2. The molecular weight excluding hydrogens is 454 g/mol. The number of ether oxygens (including phenoxy) is 1. The van der Waals surface area contributed by atoms with Gasteiger partial charge in [-0.15, -0.1) is 0 Å². The second-order valence-electron chi connectivity index (χ2n) is 10.7. The fourth-order valence-electron chi connectivity index (χ4n) is 6.27. The molecule has 3 fully saturated rings. The number of aromatic nitrogens is 2. The number of anilines is 1. The Morgan fingerprint density at radius 2 is 1.75 bits per heavy atom. The fraction of sp³-hybridized carbons (Fsp3) is 0.483. The summed E-state index contributed by atoms with van der Waals surface area (Å²) < 4.78 is 12.5. The third-order valence-electron chi connectivity index (χ3n) is 8.20. The van der Waals surface area contributed by atoms with Gasteiger partial charge in [-0.3, -0.25) is 0 Å². The van der Waals surface area contributed by atoms with E-state index in [0.717, 1.165) is 66.9 Å². The van der Waals surface area contributed by atoms with Crippen molar-refractivity contribution in [1.29, 1.82) is 0 Å². The molecule has 2 bridgehead atoms. The van der Waals surface area contributed by atoms with Crippen molar-refractivity contribution in [2.24, 2.45) is 0 Å². The van der Waals surface area contributed by atoms with Crippen LogP contribution in [0, 0.1) is 20.8 Å². The van der Waals surface area contributed by atoms with Crippen molar-refractivity contribution >= 4 is 11.8 Å². The van der Waals surface area contributed by atoms with E-state index in [9.17, 15) is 9.90 Å². The molecule has 7 heteroatoms. The Kier molecular flexibility index (Phi) is 5.83. The van der Waals surface area contributed by atoms with E-state index in [4.69, 9.17) is 9.26 Å². The molecule has 2 unspecified atom stereocenters. The van der Waals surface area contributed by atoms with Crippen LogP contribution in [0.1, 0.15) is 82.9 Å². The first kappa shape index (κ1) is 23.2. The van der Waals surface area contributed by atoms with E-state index >= 15 is 0 Å². The molecule has 2 saturated heterocycles. The number of pyridine rings is 1. The average molecular weight is 488 g/mol. The Morgan fingerprint density at radius 1 is 1.06 bits per heavy atom. The smallest absolute Gasteiger partial charge is 0.337 e. The van der Waals surface area contributed by atoms with Gasteiger partial charge in [0.15, 0.2) is 0 Å². The Morgan fingerprint density at radius 3 is 2.36 bits per heavy atom. The fourth-order valence-corrected chi connectivity index (χ4v) is 6.27. The molecule has 3 aromatic rings. The van der Waals surface area contributed by atoms with Crippen LogP contribution in [-0.2, 0) is 11.3 Å². The van der Waals surface area contributed by atoms with Gasteiger partial charge in [0.1, 0.15) is 17.3 Å². The highest BCUT2D eigenvalue weighted by atomic mass is 16.5. The number of aromatic carboxylic acids is 1. The molecule has 0 amide bonds. The van der Waals surface area contributed by atoms with Gasteiger partial charge in [-0.1, -0.05) is 23.4 Å². The molecule has 4 heterocycles. The van der Waals surface area contributed by atoms with Gasteiger partial charge in [0.2, 0.25) is 0 Å². The van der Waals surface area contributed by atoms with Crippen LogP contribution in [0.15, 0.2) is 34.9 Å². The average Bonchev–Trinajstić information content (AvgIpc) is 3.55. The first-order valence-electron chi connectivity index (χ1n) is 13.1. The molecule has 188 valence electrons. The molecule has 36 heavy (non-hydrogen) atoms. The standard InChI is InChI=1S/C29H33N3O4/c1-16-5-4-6-17(2)26(16)27-24(28(36-31-27)19-7-8-19)15-35-22-13-20-9-10-21(14-22)32(20)25-12-11-23(29(33)34)18(3)30-25/h4-6,11-12,19-22H,7-10,13-15H2,1-3H3,(H,33,34)/t20-,21?,22?/m0/s1. The zero-order valence-corrected chi connectivity index (χ0v) is 21.2. The van der Waals surface area contributed by atoms with Crippen LogP contribution < -0.4 is 4.90 Å². The topological polar surface area (TPSA) is 88.7 Å². The van der Waals surface area contributed by atoms with Crippen molar-refractivity contribution in [1.82, 2.24) is 10.1 Å². The van der Waals surface area contributed by atoms with E-state index < -0.39 is 5.97 Å². The minimum absolute atomic E-state index is 0.172. The molecule has 0 spiro atoms. The number of hydrogen-bond acceptors (Lipinski definition) is 6. The Balaban J connectivity index is 1.20. The normalized spacial score (nSPS) is 23.3. The first-order valence-corrected chi connectivity index (χ1v) is 13.1. The predicted octanol–water partition coefficient (Wildman–Crippen LogP) is 5.95. The SMILES string of the molecule is Cc1cccc(C)c1-c1noc(C2CC2)c1COC1CC2CC[C@@H](C1)N2c1ccc(C(=O)O)c(C)n1. The Bertz CT molecular complexity index is 1280. The molecule has 7 nitrogen and oxygen atoms in total. The maximum absolute atomic E-state index is 11.4. The number of hydrogen-bond donors (Lipinski definition) is 1. The molecular formula is C29H33N3O4.